The molecule has 11 rings (SSSR count). The smallest absolute Gasteiger partial charge is 0.136 e. The molecule has 1 aliphatic carbocycles. The molecule has 0 N–H and O–H groups in total. The van der Waals surface area contributed by atoms with Crippen LogP contribution in [0.2, 0.25) is 0 Å². The van der Waals surface area contributed by atoms with Crippen molar-refractivity contribution in [2.75, 3.05) is 0 Å². The minimum absolute atomic E-state index is 0.171. The average molecular weight is 627 g/mol. The Morgan fingerprint density at radius 3 is 1.96 bits per heavy atom. The lowest BCUT2D eigenvalue weighted by Crippen LogP contribution is -2.15. The van der Waals surface area contributed by atoms with Crippen LogP contribution in [0.25, 0.3) is 98.8 Å². The highest BCUT2D eigenvalue weighted by atomic mass is 16.3. The largest absolute Gasteiger partial charge is 0.456 e. The van der Waals surface area contributed by atoms with E-state index < -0.39 is 0 Å². The summed E-state index contributed by atoms with van der Waals surface area (Å²) in [7, 11) is 0. The van der Waals surface area contributed by atoms with Gasteiger partial charge in [-0.3, -0.25) is 0 Å². The van der Waals surface area contributed by atoms with Crippen LogP contribution in [0, 0.1) is 0 Å². The predicted octanol–water partition coefficient (Wildman–Crippen LogP) is 13.4. The molecule has 2 heteroatoms. The molecule has 230 valence electrons. The van der Waals surface area contributed by atoms with Gasteiger partial charge in [-0.05, 0) is 121 Å². The molecule has 1 aliphatic rings. The first-order valence-corrected chi connectivity index (χ1v) is 17.0. The number of rotatable bonds is 2. The lowest BCUT2D eigenvalue weighted by atomic mass is 9.80. The first-order valence-electron chi connectivity index (χ1n) is 17.0. The fourth-order valence-electron chi connectivity index (χ4n) is 8.57. The summed E-state index contributed by atoms with van der Waals surface area (Å²) in [6, 6.07) is 52.9. The monoisotopic (exact) mass is 626 g/mol. The van der Waals surface area contributed by atoms with Gasteiger partial charge in [-0.25, -0.2) is 0 Å². The van der Waals surface area contributed by atoms with Crippen LogP contribution < -0.4 is 0 Å². The predicted molar refractivity (Wildman–Crippen MR) is 204 cm³/mol. The molecule has 0 saturated heterocycles. The maximum absolute atomic E-state index is 6.43. The molecule has 0 aliphatic heterocycles. The molecule has 2 heterocycles. The Balaban J connectivity index is 1.07. The fraction of sp³-hybridized carbons (Fsp3) is 0.0638. The van der Waals surface area contributed by atoms with Crippen LogP contribution in [-0.2, 0) is 5.41 Å². The molecular weight excluding hydrogens is 597 g/mol. The van der Waals surface area contributed by atoms with Gasteiger partial charge in [-0.15, -0.1) is 0 Å². The average Bonchev–Trinajstić information content (AvgIpc) is 3.76. The van der Waals surface area contributed by atoms with Gasteiger partial charge >= 0.3 is 0 Å². The van der Waals surface area contributed by atoms with Crippen molar-refractivity contribution in [3.63, 3.8) is 0 Å². The van der Waals surface area contributed by atoms with Crippen LogP contribution in [0.5, 0.6) is 0 Å². The topological polar surface area (TPSA) is 26.3 Å². The second kappa shape index (κ2) is 9.49. The van der Waals surface area contributed by atoms with Crippen LogP contribution in [-0.4, -0.2) is 0 Å². The van der Waals surface area contributed by atoms with Gasteiger partial charge in [0.25, 0.3) is 0 Å². The van der Waals surface area contributed by atoms with Gasteiger partial charge in [-0.2, -0.15) is 0 Å². The summed E-state index contributed by atoms with van der Waals surface area (Å²) in [6.07, 6.45) is 0. The highest BCUT2D eigenvalue weighted by Crippen LogP contribution is 2.52. The molecule has 0 spiro atoms. The number of furan rings is 2. The van der Waals surface area contributed by atoms with Gasteiger partial charge in [0.1, 0.15) is 22.3 Å². The van der Waals surface area contributed by atoms with E-state index in [0.29, 0.717) is 0 Å². The van der Waals surface area contributed by atoms with Crippen molar-refractivity contribution in [1.82, 2.24) is 0 Å². The van der Waals surface area contributed by atoms with Crippen molar-refractivity contribution in [3.05, 3.63) is 157 Å². The Morgan fingerprint density at radius 1 is 0.367 bits per heavy atom. The van der Waals surface area contributed by atoms with Gasteiger partial charge in [0.2, 0.25) is 0 Å². The molecule has 0 saturated carbocycles. The summed E-state index contributed by atoms with van der Waals surface area (Å²) in [4.78, 5) is 0. The second-order valence-corrected chi connectivity index (χ2v) is 14.1. The van der Waals surface area contributed by atoms with E-state index in [1.54, 1.807) is 0 Å². The summed E-state index contributed by atoms with van der Waals surface area (Å²) < 4.78 is 12.6. The van der Waals surface area contributed by atoms with E-state index in [4.69, 9.17) is 8.83 Å². The number of para-hydroxylation sites is 1. The summed E-state index contributed by atoms with van der Waals surface area (Å²) in [6.45, 7) is 4.75. The van der Waals surface area contributed by atoms with Crippen molar-refractivity contribution in [1.29, 1.82) is 0 Å². The third-order valence-corrected chi connectivity index (χ3v) is 11.0. The minimum atomic E-state index is -0.171. The second-order valence-electron chi connectivity index (χ2n) is 14.1. The maximum Gasteiger partial charge on any atom is 0.136 e. The molecule has 0 amide bonds. The molecule has 10 aromatic rings. The Labute approximate surface area is 282 Å². The maximum atomic E-state index is 6.43. The molecule has 0 radical (unpaired) electrons. The molecule has 0 atom stereocenters. The fourth-order valence-corrected chi connectivity index (χ4v) is 8.57. The number of hydrogen-bond donors (Lipinski definition) is 0. The molecule has 0 bridgehead atoms. The quantitative estimate of drug-likeness (QED) is 0.191. The number of hydrogen-bond acceptors (Lipinski definition) is 2. The van der Waals surface area contributed by atoms with E-state index in [2.05, 4.69) is 147 Å². The minimum Gasteiger partial charge on any atom is -0.456 e. The van der Waals surface area contributed by atoms with Crippen LogP contribution in [0.1, 0.15) is 25.0 Å². The molecule has 49 heavy (non-hydrogen) atoms. The van der Waals surface area contributed by atoms with Crippen LogP contribution in [0.3, 0.4) is 0 Å². The van der Waals surface area contributed by atoms with Crippen LogP contribution in [0.15, 0.2) is 154 Å². The number of benzene rings is 8. The standard InChI is InChI=1S/C47H30O2/c1-47(2)40-24-31(33-14-8-16-44-46(33)39-21-27-9-3-4-10-28(27)25-45(39)49-44)17-19-34(40)37-22-29-11-7-13-32(36(29)26-41(37)47)30-18-20-43-38(23-30)35-12-5-6-15-42(35)48-43/h3-26H,1-2H3. The summed E-state index contributed by atoms with van der Waals surface area (Å²) >= 11 is 0. The van der Waals surface area contributed by atoms with Crippen molar-refractivity contribution < 1.29 is 8.83 Å². The van der Waals surface area contributed by atoms with Crippen molar-refractivity contribution >= 4 is 65.4 Å². The molecular formula is C47H30O2. The Bertz CT molecular complexity index is 3020. The Morgan fingerprint density at radius 2 is 1.04 bits per heavy atom. The van der Waals surface area contributed by atoms with Crippen molar-refractivity contribution in [2.24, 2.45) is 0 Å². The lowest BCUT2D eigenvalue weighted by Gasteiger charge is -2.23. The van der Waals surface area contributed by atoms with Crippen molar-refractivity contribution in [2.45, 2.75) is 19.3 Å². The molecule has 2 nitrogen and oxygen atoms in total. The zero-order valence-electron chi connectivity index (χ0n) is 27.2. The molecule has 0 unspecified atom stereocenters. The molecule has 0 fully saturated rings. The van der Waals surface area contributed by atoms with E-state index in [0.717, 1.165) is 38.5 Å². The highest BCUT2D eigenvalue weighted by Gasteiger charge is 2.36. The Hall–Kier alpha value is -6.12. The van der Waals surface area contributed by atoms with E-state index >= 15 is 0 Å². The molecule has 8 aromatic carbocycles. The van der Waals surface area contributed by atoms with Gasteiger partial charge in [0.15, 0.2) is 0 Å². The first-order chi connectivity index (χ1) is 24.0. The highest BCUT2D eigenvalue weighted by molar-refractivity contribution is 6.16. The zero-order chi connectivity index (χ0) is 32.4. The third kappa shape index (κ3) is 3.72. The normalized spacial score (nSPS) is 13.7. The van der Waals surface area contributed by atoms with Crippen molar-refractivity contribution in [3.8, 4) is 33.4 Å². The Kier molecular flexibility index (Phi) is 5.21. The summed E-state index contributed by atoms with van der Waals surface area (Å²) in [5, 5.41) is 9.59. The summed E-state index contributed by atoms with van der Waals surface area (Å²) in [5.41, 5.74) is 13.8. The molecule has 2 aromatic heterocycles. The van der Waals surface area contributed by atoms with E-state index in [9.17, 15) is 0 Å². The SMILES string of the molecule is CC1(C)c2cc(-c3cccc4oc5cc6ccccc6cc5c34)ccc2-c2cc3cccc(-c4ccc5oc6ccccc6c5c4)c3cc21. The van der Waals surface area contributed by atoms with Crippen LogP contribution >= 0.6 is 0 Å². The lowest BCUT2D eigenvalue weighted by molar-refractivity contribution is 0.661. The zero-order valence-corrected chi connectivity index (χ0v) is 27.2. The van der Waals surface area contributed by atoms with Crippen LogP contribution in [0.4, 0.5) is 0 Å². The number of fused-ring (bicyclic) bond motifs is 11. The van der Waals surface area contributed by atoms with E-state index in [1.165, 1.54) is 71.4 Å². The van der Waals surface area contributed by atoms with Gasteiger partial charge < -0.3 is 8.83 Å². The first kappa shape index (κ1) is 26.9. The van der Waals surface area contributed by atoms with Gasteiger partial charge in [-0.1, -0.05) is 105 Å². The van der Waals surface area contributed by atoms with Gasteiger partial charge in [0, 0.05) is 27.0 Å². The third-order valence-electron chi connectivity index (χ3n) is 11.0. The van der Waals surface area contributed by atoms with E-state index in [1.807, 2.05) is 12.1 Å². The summed E-state index contributed by atoms with van der Waals surface area (Å²) in [5.74, 6) is 0. The van der Waals surface area contributed by atoms with Gasteiger partial charge in [0.05, 0.1) is 0 Å². The van der Waals surface area contributed by atoms with E-state index in [-0.39, 0.29) is 5.41 Å².